The number of carbonyl (C=O) groups is 1. The van der Waals surface area contributed by atoms with Gasteiger partial charge in [0.25, 0.3) is 0 Å². The molecular formula is C14H13NOS. The van der Waals surface area contributed by atoms with Gasteiger partial charge in [0, 0.05) is 35.0 Å². The summed E-state index contributed by atoms with van der Waals surface area (Å²) < 4.78 is 1.37. The molecule has 0 N–H and O–H groups in total. The fourth-order valence-corrected chi connectivity index (χ4v) is 4.38. The van der Waals surface area contributed by atoms with Crippen molar-refractivity contribution >= 4 is 27.3 Å². The van der Waals surface area contributed by atoms with Gasteiger partial charge in [0.05, 0.1) is 0 Å². The third-order valence-electron chi connectivity index (χ3n) is 3.98. The van der Waals surface area contributed by atoms with E-state index in [2.05, 4.69) is 29.2 Å². The van der Waals surface area contributed by atoms with Crippen molar-refractivity contribution in [2.24, 2.45) is 0 Å². The molecule has 0 saturated carbocycles. The number of thiophene rings is 1. The van der Waals surface area contributed by atoms with Crippen LogP contribution in [0.25, 0.3) is 10.1 Å². The molecule has 2 aromatic rings. The molecule has 17 heavy (non-hydrogen) atoms. The molecule has 0 spiro atoms. The number of hydrogen-bond donors (Lipinski definition) is 0. The van der Waals surface area contributed by atoms with Crippen LogP contribution in [0, 0.1) is 0 Å². The number of carbonyl (C=O) groups excluding carboxylic acids is 1. The lowest BCUT2D eigenvalue weighted by molar-refractivity contribution is -0.129. The van der Waals surface area contributed by atoms with Crippen LogP contribution in [0.1, 0.15) is 23.3 Å². The van der Waals surface area contributed by atoms with Crippen LogP contribution in [0.4, 0.5) is 0 Å². The number of amides is 1. The normalized spacial score (nSPS) is 22.9. The van der Waals surface area contributed by atoms with Crippen LogP contribution >= 0.6 is 11.3 Å². The van der Waals surface area contributed by atoms with Gasteiger partial charge in [0.1, 0.15) is 0 Å². The fourth-order valence-electron chi connectivity index (χ4n) is 3.09. The summed E-state index contributed by atoms with van der Waals surface area (Å²) in [6.45, 7) is 0.836. The van der Waals surface area contributed by atoms with E-state index in [1.54, 1.807) is 0 Å². The molecule has 1 atom stereocenters. The van der Waals surface area contributed by atoms with Gasteiger partial charge in [-0.05, 0) is 23.4 Å². The summed E-state index contributed by atoms with van der Waals surface area (Å²) in [5, 5.41) is 1.35. The zero-order chi connectivity index (χ0) is 11.4. The third-order valence-corrected chi connectivity index (χ3v) is 5.22. The Balaban J connectivity index is 1.88. The van der Waals surface area contributed by atoms with E-state index < -0.39 is 0 Å². The van der Waals surface area contributed by atoms with E-state index >= 15 is 0 Å². The Morgan fingerprint density at radius 2 is 2.18 bits per heavy atom. The van der Waals surface area contributed by atoms with Gasteiger partial charge in [0.2, 0.25) is 5.91 Å². The number of rotatable bonds is 0. The van der Waals surface area contributed by atoms with Crippen LogP contribution in [0.15, 0.2) is 24.3 Å². The highest BCUT2D eigenvalue weighted by molar-refractivity contribution is 7.19. The van der Waals surface area contributed by atoms with Crippen molar-refractivity contribution in [1.29, 1.82) is 0 Å². The Labute approximate surface area is 104 Å². The first-order chi connectivity index (χ1) is 8.33. The maximum absolute atomic E-state index is 11.8. The van der Waals surface area contributed by atoms with Crippen molar-refractivity contribution in [3.8, 4) is 0 Å². The molecule has 3 heteroatoms. The van der Waals surface area contributed by atoms with Gasteiger partial charge in [-0.2, -0.15) is 0 Å². The Kier molecular flexibility index (Phi) is 1.89. The molecule has 0 aliphatic carbocycles. The first-order valence-electron chi connectivity index (χ1n) is 6.11. The summed E-state index contributed by atoms with van der Waals surface area (Å²) in [7, 11) is 0. The minimum atomic E-state index is 0.343. The number of benzene rings is 1. The highest BCUT2D eigenvalue weighted by Gasteiger charge is 2.36. The lowest BCUT2D eigenvalue weighted by Crippen LogP contribution is -2.37. The number of fused-ring (bicyclic) bond motifs is 4. The van der Waals surface area contributed by atoms with Gasteiger partial charge in [-0.25, -0.2) is 0 Å². The summed E-state index contributed by atoms with van der Waals surface area (Å²) in [5.74, 6) is 0.343. The first-order valence-corrected chi connectivity index (χ1v) is 6.93. The molecule has 0 bridgehead atoms. The van der Waals surface area contributed by atoms with Crippen molar-refractivity contribution in [2.45, 2.75) is 31.8 Å². The zero-order valence-corrected chi connectivity index (χ0v) is 10.3. The van der Waals surface area contributed by atoms with Crippen molar-refractivity contribution < 1.29 is 4.79 Å². The molecule has 1 aromatic heterocycles. The van der Waals surface area contributed by atoms with E-state index in [1.165, 1.54) is 20.5 Å². The third kappa shape index (κ3) is 1.29. The summed E-state index contributed by atoms with van der Waals surface area (Å²) in [5.41, 5.74) is 1.40. The van der Waals surface area contributed by atoms with Gasteiger partial charge in [-0.1, -0.05) is 18.2 Å². The van der Waals surface area contributed by atoms with Gasteiger partial charge in [0.15, 0.2) is 0 Å². The van der Waals surface area contributed by atoms with Crippen LogP contribution in [0.3, 0.4) is 0 Å². The van der Waals surface area contributed by atoms with Gasteiger partial charge >= 0.3 is 0 Å². The lowest BCUT2D eigenvalue weighted by Gasteiger charge is -2.29. The SMILES string of the molecule is O=C1CC[C@H]2Cc3sc4ccccc4c3CN12. The van der Waals surface area contributed by atoms with Crippen molar-refractivity contribution in [3.05, 3.63) is 34.7 Å². The van der Waals surface area contributed by atoms with E-state index in [0.717, 1.165) is 25.8 Å². The summed E-state index contributed by atoms with van der Waals surface area (Å²) in [6, 6.07) is 9.03. The Hall–Kier alpha value is -1.35. The van der Waals surface area contributed by atoms with Crippen LogP contribution in [-0.4, -0.2) is 16.8 Å². The maximum Gasteiger partial charge on any atom is 0.223 e. The minimum absolute atomic E-state index is 0.343. The molecule has 3 heterocycles. The summed E-state index contributed by atoms with van der Waals surface area (Å²) >= 11 is 1.91. The molecule has 4 rings (SSSR count). The standard InChI is InChI=1S/C14H13NOS/c16-14-6-5-9-7-13-11(8-15(9)14)10-3-1-2-4-12(10)17-13/h1-4,9H,5-8H2/t9-/m0/s1. The molecule has 86 valence electrons. The molecule has 0 radical (unpaired) electrons. The highest BCUT2D eigenvalue weighted by Crippen LogP contribution is 2.39. The Bertz CT molecular complexity index is 616. The molecule has 0 unspecified atom stereocenters. The largest absolute Gasteiger partial charge is 0.335 e. The second kappa shape index (κ2) is 3.33. The van der Waals surface area contributed by atoms with Crippen LogP contribution in [0.2, 0.25) is 0 Å². The van der Waals surface area contributed by atoms with E-state index in [0.29, 0.717) is 11.9 Å². The summed E-state index contributed by atoms with van der Waals surface area (Å²) in [4.78, 5) is 15.4. The first kappa shape index (κ1) is 9.66. The lowest BCUT2D eigenvalue weighted by atomic mass is 10.00. The number of nitrogens with zero attached hydrogens (tertiary/aromatic N) is 1. The predicted octanol–water partition coefficient (Wildman–Crippen LogP) is 2.95. The molecule has 1 saturated heterocycles. The van der Waals surface area contributed by atoms with E-state index in [9.17, 15) is 4.79 Å². The minimum Gasteiger partial charge on any atom is -0.335 e. The van der Waals surface area contributed by atoms with Crippen LogP contribution < -0.4 is 0 Å². The van der Waals surface area contributed by atoms with E-state index in [1.807, 2.05) is 11.3 Å². The smallest absolute Gasteiger partial charge is 0.223 e. The van der Waals surface area contributed by atoms with Crippen LogP contribution in [0.5, 0.6) is 0 Å². The topological polar surface area (TPSA) is 20.3 Å². The second-order valence-electron chi connectivity index (χ2n) is 4.92. The molecule has 1 aromatic carbocycles. The van der Waals surface area contributed by atoms with Crippen molar-refractivity contribution in [2.75, 3.05) is 0 Å². The van der Waals surface area contributed by atoms with Gasteiger partial charge < -0.3 is 4.90 Å². The molecule has 2 aliphatic heterocycles. The maximum atomic E-state index is 11.8. The predicted molar refractivity (Wildman–Crippen MR) is 69.1 cm³/mol. The van der Waals surface area contributed by atoms with Crippen molar-refractivity contribution in [3.63, 3.8) is 0 Å². The van der Waals surface area contributed by atoms with E-state index in [4.69, 9.17) is 0 Å². The molecular weight excluding hydrogens is 230 g/mol. The molecule has 2 aliphatic rings. The number of hydrogen-bond acceptors (Lipinski definition) is 2. The van der Waals surface area contributed by atoms with Crippen LogP contribution in [-0.2, 0) is 17.8 Å². The molecule has 1 amide bonds. The van der Waals surface area contributed by atoms with Gasteiger partial charge in [-0.3, -0.25) is 4.79 Å². The quantitative estimate of drug-likeness (QED) is 0.696. The molecule has 2 nitrogen and oxygen atoms in total. The fraction of sp³-hybridized carbons (Fsp3) is 0.357. The Morgan fingerprint density at radius 1 is 1.29 bits per heavy atom. The average molecular weight is 243 g/mol. The van der Waals surface area contributed by atoms with E-state index in [-0.39, 0.29) is 0 Å². The highest BCUT2D eigenvalue weighted by atomic mass is 32.1. The second-order valence-corrected chi connectivity index (χ2v) is 6.05. The Morgan fingerprint density at radius 3 is 3.12 bits per heavy atom. The monoisotopic (exact) mass is 243 g/mol. The van der Waals surface area contributed by atoms with Gasteiger partial charge in [-0.15, -0.1) is 11.3 Å². The zero-order valence-electron chi connectivity index (χ0n) is 9.48. The molecule has 1 fully saturated rings. The average Bonchev–Trinajstić information content (AvgIpc) is 2.88. The summed E-state index contributed by atoms with van der Waals surface area (Å²) in [6.07, 6.45) is 2.87. The van der Waals surface area contributed by atoms with Crippen molar-refractivity contribution in [1.82, 2.24) is 4.90 Å².